The first-order valence-corrected chi connectivity index (χ1v) is 2.38. The normalized spacial score (nSPS) is 8.29. The van der Waals surface area contributed by atoms with Gasteiger partial charge < -0.3 is 9.47 Å². The SMILES string of the molecule is COCOC(=O)Br. The molecule has 0 heterocycles. The molecule has 0 bridgehead atoms. The summed E-state index contributed by atoms with van der Waals surface area (Å²) in [6.07, 6.45) is 0. The predicted molar refractivity (Wildman–Crippen MR) is 27.3 cm³/mol. The number of rotatable bonds is 2. The van der Waals surface area contributed by atoms with Crippen molar-refractivity contribution in [2.45, 2.75) is 0 Å². The van der Waals surface area contributed by atoms with Crippen LogP contribution in [0.25, 0.3) is 0 Å². The van der Waals surface area contributed by atoms with E-state index in [1.807, 2.05) is 0 Å². The molecule has 0 rings (SSSR count). The summed E-state index contributed by atoms with van der Waals surface area (Å²) in [4.78, 5) is 9.31. The monoisotopic (exact) mass is 168 g/mol. The van der Waals surface area contributed by atoms with E-state index >= 15 is 0 Å². The Morgan fingerprint density at radius 1 is 1.86 bits per heavy atom. The lowest BCUT2D eigenvalue weighted by molar-refractivity contribution is 0.0249. The highest BCUT2D eigenvalue weighted by molar-refractivity contribution is 9.18. The molecule has 3 nitrogen and oxygen atoms in total. The van der Waals surface area contributed by atoms with E-state index in [2.05, 4.69) is 25.4 Å². The van der Waals surface area contributed by atoms with Crippen molar-refractivity contribution in [1.82, 2.24) is 0 Å². The molecule has 0 N–H and O–H groups in total. The number of hydrogen-bond donors (Lipinski definition) is 0. The van der Waals surface area contributed by atoms with E-state index in [-0.39, 0.29) is 6.79 Å². The van der Waals surface area contributed by atoms with E-state index < -0.39 is 4.88 Å². The fraction of sp³-hybridized carbons (Fsp3) is 0.667. The van der Waals surface area contributed by atoms with Crippen LogP contribution in [0.2, 0.25) is 0 Å². The number of hydrogen-bond acceptors (Lipinski definition) is 3. The molecule has 0 fully saturated rings. The maximum atomic E-state index is 9.82. The van der Waals surface area contributed by atoms with Crippen LogP contribution in [-0.2, 0) is 9.47 Å². The summed E-state index contributed by atoms with van der Waals surface area (Å²) in [7, 11) is 1.44. The highest BCUT2D eigenvalue weighted by Crippen LogP contribution is 1.88. The van der Waals surface area contributed by atoms with Crippen LogP contribution in [-0.4, -0.2) is 18.8 Å². The Kier molecular flexibility index (Phi) is 4.03. The molecule has 0 radical (unpaired) electrons. The van der Waals surface area contributed by atoms with Crippen molar-refractivity contribution in [2.24, 2.45) is 0 Å². The van der Waals surface area contributed by atoms with Gasteiger partial charge in [-0.25, -0.2) is 4.79 Å². The number of halogens is 1. The summed E-state index contributed by atoms with van der Waals surface area (Å²) in [6.45, 7) is 0.00405. The molecule has 0 atom stereocenters. The molecular weight excluding hydrogens is 164 g/mol. The first kappa shape index (κ1) is 6.91. The van der Waals surface area contributed by atoms with Crippen LogP contribution in [0.15, 0.2) is 0 Å². The van der Waals surface area contributed by atoms with Crippen LogP contribution in [0.5, 0.6) is 0 Å². The lowest BCUT2D eigenvalue weighted by Crippen LogP contribution is -1.96. The van der Waals surface area contributed by atoms with E-state index in [1.165, 1.54) is 7.11 Å². The molecule has 0 saturated heterocycles. The fourth-order valence-electron chi connectivity index (χ4n) is 0.105. The number of carbonyl (C=O) groups excluding carboxylic acids is 1. The summed E-state index contributed by atoms with van der Waals surface area (Å²) in [6, 6.07) is 0. The molecule has 4 heteroatoms. The van der Waals surface area contributed by atoms with Crippen molar-refractivity contribution < 1.29 is 14.3 Å². The van der Waals surface area contributed by atoms with Crippen molar-refractivity contribution in [3.63, 3.8) is 0 Å². The molecule has 0 aromatic heterocycles. The Morgan fingerprint density at radius 2 is 2.43 bits per heavy atom. The summed E-state index contributed by atoms with van der Waals surface area (Å²) in [5, 5.41) is 0. The number of ether oxygens (including phenoxy) is 2. The maximum absolute atomic E-state index is 9.82. The molecule has 0 unspecified atom stereocenters. The molecule has 7 heavy (non-hydrogen) atoms. The molecule has 0 amide bonds. The molecule has 0 aliphatic heterocycles. The van der Waals surface area contributed by atoms with E-state index in [4.69, 9.17) is 0 Å². The minimum absolute atomic E-state index is 0.00405. The second kappa shape index (κ2) is 4.08. The smallest absolute Gasteiger partial charge is 0.376 e. The Morgan fingerprint density at radius 3 is 2.57 bits per heavy atom. The van der Waals surface area contributed by atoms with Gasteiger partial charge in [0.25, 0.3) is 0 Å². The summed E-state index contributed by atoms with van der Waals surface area (Å²) in [5.74, 6) is 0. The zero-order valence-electron chi connectivity index (χ0n) is 3.81. The molecule has 0 aromatic rings. The zero-order chi connectivity index (χ0) is 5.70. The van der Waals surface area contributed by atoms with Crippen molar-refractivity contribution in [3.8, 4) is 0 Å². The van der Waals surface area contributed by atoms with Crippen LogP contribution in [0.3, 0.4) is 0 Å². The minimum atomic E-state index is -0.505. The highest BCUT2D eigenvalue weighted by Gasteiger charge is 1.88. The van der Waals surface area contributed by atoms with Crippen molar-refractivity contribution in [2.75, 3.05) is 13.9 Å². The van der Waals surface area contributed by atoms with Crippen molar-refractivity contribution >= 4 is 20.8 Å². The largest absolute Gasteiger partial charge is 0.430 e. The Hall–Kier alpha value is -0.0900. The second-order valence-electron chi connectivity index (χ2n) is 0.789. The van der Waals surface area contributed by atoms with Gasteiger partial charge in [-0.05, 0) is 0 Å². The van der Waals surface area contributed by atoms with Crippen LogP contribution in [0.4, 0.5) is 4.79 Å². The van der Waals surface area contributed by atoms with E-state index in [0.717, 1.165) is 0 Å². The standard InChI is InChI=1S/C3H5BrO3/c1-6-2-7-3(4)5/h2H2,1H3. The quantitative estimate of drug-likeness (QED) is 0.458. The van der Waals surface area contributed by atoms with Gasteiger partial charge in [-0.15, -0.1) is 0 Å². The van der Waals surface area contributed by atoms with E-state index in [9.17, 15) is 4.79 Å². The summed E-state index contributed by atoms with van der Waals surface area (Å²) < 4.78 is 8.63. The highest BCUT2D eigenvalue weighted by atomic mass is 79.9. The Labute approximate surface area is 49.7 Å². The van der Waals surface area contributed by atoms with Gasteiger partial charge >= 0.3 is 4.88 Å². The molecular formula is C3H5BrO3. The van der Waals surface area contributed by atoms with Gasteiger partial charge in [-0.3, -0.25) is 0 Å². The van der Waals surface area contributed by atoms with Crippen molar-refractivity contribution in [1.29, 1.82) is 0 Å². The Bertz CT molecular complexity index is 63.2. The molecule has 42 valence electrons. The van der Waals surface area contributed by atoms with Crippen LogP contribution in [0.1, 0.15) is 0 Å². The predicted octanol–water partition coefficient (Wildman–Crippen LogP) is 1.12. The third kappa shape index (κ3) is 5.91. The van der Waals surface area contributed by atoms with Gasteiger partial charge in [-0.2, -0.15) is 0 Å². The lowest BCUT2D eigenvalue weighted by Gasteiger charge is -1.93. The van der Waals surface area contributed by atoms with E-state index in [0.29, 0.717) is 0 Å². The van der Waals surface area contributed by atoms with Gasteiger partial charge in [0.05, 0.1) is 0 Å². The van der Waals surface area contributed by atoms with E-state index in [1.54, 1.807) is 0 Å². The third-order valence-electron chi connectivity index (χ3n) is 0.290. The fourth-order valence-corrected chi connectivity index (χ4v) is 0.199. The second-order valence-corrected chi connectivity index (χ2v) is 1.44. The van der Waals surface area contributed by atoms with Gasteiger partial charge in [0, 0.05) is 23.0 Å². The lowest BCUT2D eigenvalue weighted by atomic mass is 11.3. The van der Waals surface area contributed by atoms with Gasteiger partial charge in [0.1, 0.15) is 0 Å². The average Bonchev–Trinajstić information content (AvgIpc) is 1.61. The summed E-state index contributed by atoms with van der Waals surface area (Å²) >= 11 is 2.53. The topological polar surface area (TPSA) is 35.5 Å². The van der Waals surface area contributed by atoms with Crippen LogP contribution in [0, 0.1) is 0 Å². The third-order valence-corrected chi connectivity index (χ3v) is 0.519. The van der Waals surface area contributed by atoms with Crippen LogP contribution >= 0.6 is 15.9 Å². The van der Waals surface area contributed by atoms with Gasteiger partial charge in [0.15, 0.2) is 6.79 Å². The minimum Gasteiger partial charge on any atom is -0.430 e. The molecule has 0 spiro atoms. The van der Waals surface area contributed by atoms with Gasteiger partial charge in [0.2, 0.25) is 0 Å². The maximum Gasteiger partial charge on any atom is 0.376 e. The zero-order valence-corrected chi connectivity index (χ0v) is 5.40. The average molecular weight is 169 g/mol. The molecule has 0 aliphatic carbocycles. The first-order chi connectivity index (χ1) is 3.27. The number of methoxy groups -OCH3 is 1. The first-order valence-electron chi connectivity index (χ1n) is 1.58. The molecule has 0 aromatic carbocycles. The summed E-state index contributed by atoms with van der Waals surface area (Å²) in [5.41, 5.74) is 0. The molecule has 0 saturated carbocycles. The van der Waals surface area contributed by atoms with Crippen molar-refractivity contribution in [3.05, 3.63) is 0 Å². The van der Waals surface area contributed by atoms with Gasteiger partial charge in [-0.1, -0.05) is 0 Å². The van der Waals surface area contributed by atoms with Crippen LogP contribution < -0.4 is 0 Å². The Balaban J connectivity index is 2.82. The molecule has 0 aliphatic rings. The number of carbonyl (C=O) groups is 1.